The van der Waals surface area contributed by atoms with E-state index in [1.165, 1.54) is 65.2 Å². The van der Waals surface area contributed by atoms with Gasteiger partial charge in [0.15, 0.2) is 41.3 Å². The molecule has 0 bridgehead atoms. The van der Waals surface area contributed by atoms with E-state index in [2.05, 4.69) is 206 Å². The molecular formula is C58H55N3O3P+. The van der Waals surface area contributed by atoms with Crippen LogP contribution >= 0.6 is 7.34 Å². The molecule has 0 amide bonds. The third-order valence-electron chi connectivity index (χ3n) is 14.5. The Morgan fingerprint density at radius 2 is 1.22 bits per heavy atom. The summed E-state index contributed by atoms with van der Waals surface area (Å²) in [7, 11) is -1.14. The maximum absolute atomic E-state index is 7.42. The molecule has 1 aliphatic carbocycles. The van der Waals surface area contributed by atoms with Crippen LogP contribution in [-0.2, 0) is 16.2 Å². The van der Waals surface area contributed by atoms with Gasteiger partial charge < -0.3 is 23.0 Å². The number of anilines is 2. The predicted octanol–water partition coefficient (Wildman–Crippen LogP) is 16.3. The number of hydrogen-bond acceptors (Lipinski definition) is 4. The van der Waals surface area contributed by atoms with Gasteiger partial charge in [0.2, 0.25) is 15.5 Å². The fourth-order valence-corrected chi connectivity index (χ4v) is 14.3. The molecule has 0 spiro atoms. The number of hydrogen-bond donors (Lipinski definition) is 0. The lowest BCUT2D eigenvalue weighted by Crippen LogP contribution is -2.40. The van der Waals surface area contributed by atoms with Crippen molar-refractivity contribution in [1.29, 1.82) is 0 Å². The zero-order valence-electron chi connectivity index (χ0n) is 39.5. The SMILES string of the molecule is CC(C)(C)C1=C2Oc3cc(C(C)(C)C)ccc3N3c4cc(-n5c6ccccc6c6ccccc65)cc5c4[p+]4c(c(oc6cc(C(C)(C)C)c7oc8cc(C(C)(C)C)ccc8n5c7c64)=C1)C23. The highest BCUT2D eigenvalue weighted by Crippen LogP contribution is 2.65. The molecule has 2 unspecified atom stereocenters. The first kappa shape index (κ1) is 39.2. The van der Waals surface area contributed by atoms with Gasteiger partial charge in [0.05, 0.1) is 33.6 Å². The predicted molar refractivity (Wildman–Crippen MR) is 272 cm³/mol. The van der Waals surface area contributed by atoms with Gasteiger partial charge in [-0.3, -0.25) is 4.40 Å². The maximum Gasteiger partial charge on any atom is 0.224 e. The summed E-state index contributed by atoms with van der Waals surface area (Å²) < 4.78 is 27.2. The van der Waals surface area contributed by atoms with E-state index in [0.29, 0.717) is 0 Å². The lowest BCUT2D eigenvalue weighted by molar-refractivity contribution is 0.337. The number of fused-ring (bicyclic) bond motifs is 9. The van der Waals surface area contributed by atoms with Crippen molar-refractivity contribution >= 4 is 90.1 Å². The third kappa shape index (κ3) is 5.21. The lowest BCUT2D eigenvalue weighted by atomic mass is 9.81. The summed E-state index contributed by atoms with van der Waals surface area (Å²) in [6, 6.07) is 38.6. The van der Waals surface area contributed by atoms with Crippen molar-refractivity contribution in [2.75, 3.05) is 4.90 Å². The minimum Gasteiger partial charge on any atom is -0.456 e. The van der Waals surface area contributed by atoms with E-state index in [1.54, 1.807) is 0 Å². The summed E-state index contributed by atoms with van der Waals surface area (Å²) in [5.74, 6) is 1.89. The molecule has 2 aliphatic heterocycles. The Labute approximate surface area is 380 Å². The molecule has 324 valence electrons. The van der Waals surface area contributed by atoms with Gasteiger partial charge in [-0.2, -0.15) is 0 Å². The Hall–Kier alpha value is -6.23. The van der Waals surface area contributed by atoms with Gasteiger partial charge in [-0.25, -0.2) is 0 Å². The molecule has 65 heavy (non-hydrogen) atoms. The monoisotopic (exact) mass is 872 g/mol. The van der Waals surface area contributed by atoms with Crippen molar-refractivity contribution in [3.8, 4) is 11.4 Å². The molecule has 0 N–H and O–H groups in total. The van der Waals surface area contributed by atoms with Gasteiger partial charge >= 0.3 is 0 Å². The number of ether oxygens (including phenoxy) is 1. The first-order valence-corrected chi connectivity index (χ1v) is 24.6. The van der Waals surface area contributed by atoms with Crippen molar-refractivity contribution in [2.45, 2.75) is 105 Å². The second-order valence-corrected chi connectivity index (χ2v) is 25.0. The zero-order chi connectivity index (χ0) is 45.0. The number of aromatic nitrogens is 2. The van der Waals surface area contributed by atoms with E-state index in [4.69, 9.17) is 13.6 Å². The largest absolute Gasteiger partial charge is 0.456 e. The quantitative estimate of drug-likeness (QED) is 0.122. The lowest BCUT2D eigenvalue weighted by Gasteiger charge is -2.43. The van der Waals surface area contributed by atoms with Crippen LogP contribution in [0.3, 0.4) is 0 Å². The van der Waals surface area contributed by atoms with Crippen LogP contribution in [0, 0.1) is 5.41 Å². The summed E-state index contributed by atoms with van der Waals surface area (Å²) in [6.45, 7) is 27.5. The average molecular weight is 873 g/mol. The first-order valence-electron chi connectivity index (χ1n) is 23.2. The molecule has 0 fully saturated rings. The Morgan fingerprint density at radius 3 is 1.88 bits per heavy atom. The van der Waals surface area contributed by atoms with Crippen molar-refractivity contribution in [2.24, 2.45) is 5.41 Å². The standard InChI is InChI=1S/C58H55N3O3P/c1-55(2,3)31-21-23-40-44(25-31)63-50-36(57(7,8)9)29-46-53-48(50)60(40)42-27-33(59-38-19-15-13-17-34(38)35-18-14-16-20-39(35)59)28-43-52(42)65(53)54-47(62-46)30-37(58(10,11)12)51-49(54)61(43)41-24-22-32(56(4,5)6)26-45(41)64-51/h13-30,48H,1-12H3/q+1. The zero-order valence-corrected chi connectivity index (χ0v) is 40.4. The van der Waals surface area contributed by atoms with Crippen molar-refractivity contribution in [1.82, 2.24) is 8.97 Å². The van der Waals surface area contributed by atoms with Gasteiger partial charge in [0, 0.05) is 21.9 Å². The number of benzene rings is 6. The highest BCUT2D eigenvalue weighted by atomic mass is 31.1. The van der Waals surface area contributed by atoms with E-state index in [1.807, 2.05) is 0 Å². The smallest absolute Gasteiger partial charge is 0.224 e. The van der Waals surface area contributed by atoms with Crippen LogP contribution < -0.4 is 15.1 Å². The first-order chi connectivity index (χ1) is 30.8. The van der Waals surface area contributed by atoms with E-state index in [-0.39, 0.29) is 27.7 Å². The van der Waals surface area contributed by atoms with Gasteiger partial charge in [0.25, 0.3) is 0 Å². The van der Waals surface area contributed by atoms with Crippen molar-refractivity contribution < 1.29 is 13.6 Å². The molecule has 10 aromatic rings. The van der Waals surface area contributed by atoms with E-state index in [9.17, 15) is 0 Å². The van der Waals surface area contributed by atoms with E-state index < -0.39 is 7.34 Å². The van der Waals surface area contributed by atoms with Gasteiger partial charge in [-0.15, -0.1) is 0 Å². The highest BCUT2D eigenvalue weighted by molar-refractivity contribution is 7.59. The second kappa shape index (κ2) is 12.4. The van der Waals surface area contributed by atoms with Crippen molar-refractivity contribution in [3.63, 3.8) is 0 Å². The van der Waals surface area contributed by atoms with Crippen LogP contribution in [0.1, 0.15) is 111 Å². The third-order valence-corrected chi connectivity index (χ3v) is 17.2. The maximum atomic E-state index is 7.42. The van der Waals surface area contributed by atoms with E-state index >= 15 is 0 Å². The fourth-order valence-electron chi connectivity index (χ4n) is 11.2. The number of rotatable bonds is 1. The molecular weight excluding hydrogens is 818 g/mol. The number of para-hydroxylation sites is 2. The average Bonchev–Trinajstić information content (AvgIpc) is 3.59. The van der Waals surface area contributed by atoms with Crippen LogP contribution in [-0.4, -0.2) is 8.97 Å². The molecule has 4 aromatic heterocycles. The summed E-state index contributed by atoms with van der Waals surface area (Å²) in [4.78, 5) is 2.62. The minimum atomic E-state index is -1.14. The molecule has 0 radical (unpaired) electrons. The topological polar surface area (TPSA) is 48.1 Å². The fraction of sp³-hybridized carbons (Fsp3) is 0.293. The molecule has 6 nitrogen and oxygen atoms in total. The summed E-state index contributed by atoms with van der Waals surface area (Å²) in [5.41, 5.74) is 16.9. The van der Waals surface area contributed by atoms with Crippen LogP contribution in [0.2, 0.25) is 0 Å². The molecule has 7 heteroatoms. The van der Waals surface area contributed by atoms with E-state index in [0.717, 1.165) is 61.6 Å². The van der Waals surface area contributed by atoms with Crippen molar-refractivity contribution in [3.05, 3.63) is 142 Å². The molecule has 3 aliphatic rings. The van der Waals surface area contributed by atoms with Crippen LogP contribution in [0.25, 0.3) is 77.1 Å². The molecule has 6 heterocycles. The molecule has 0 saturated carbocycles. The molecule has 2 atom stereocenters. The molecule has 0 saturated heterocycles. The number of allylic oxidation sites excluding steroid dienone is 1. The molecule has 13 rings (SSSR count). The molecule has 6 aromatic carbocycles. The summed E-state index contributed by atoms with van der Waals surface area (Å²) in [5, 5.41) is 6.34. The highest BCUT2D eigenvalue weighted by Gasteiger charge is 2.52. The van der Waals surface area contributed by atoms with Gasteiger partial charge in [-0.1, -0.05) is 132 Å². The Kier molecular flexibility index (Phi) is 7.44. The second-order valence-electron chi connectivity index (χ2n) is 22.9. The Bertz CT molecular complexity index is 3860. The Balaban J connectivity index is 1.32. The summed E-state index contributed by atoms with van der Waals surface area (Å²) in [6.07, 6.45) is 2.32. The van der Waals surface area contributed by atoms with Gasteiger partial charge in [-0.05, 0) is 93.5 Å². The number of nitrogens with zero attached hydrogens (tertiary/aromatic N) is 3. The van der Waals surface area contributed by atoms with Crippen LogP contribution in [0.15, 0.2) is 123 Å². The van der Waals surface area contributed by atoms with Crippen LogP contribution in [0.4, 0.5) is 11.4 Å². The van der Waals surface area contributed by atoms with Crippen LogP contribution in [0.5, 0.6) is 5.75 Å². The Morgan fingerprint density at radius 1 is 0.554 bits per heavy atom. The summed E-state index contributed by atoms with van der Waals surface area (Å²) >= 11 is 0. The normalized spacial score (nSPS) is 16.6. The van der Waals surface area contributed by atoms with Gasteiger partial charge in [0.1, 0.15) is 16.8 Å². The minimum absolute atomic E-state index is 0.0613.